The van der Waals surface area contributed by atoms with Crippen molar-refractivity contribution in [2.45, 2.75) is 0 Å². The van der Waals surface area contributed by atoms with Gasteiger partial charge in [0.05, 0.1) is 33.1 Å². The minimum atomic E-state index is 0.635. The van der Waals surface area contributed by atoms with Crippen molar-refractivity contribution in [3.63, 3.8) is 0 Å². The molecular formula is C41H23N5. The third-order valence-corrected chi connectivity index (χ3v) is 9.68. The van der Waals surface area contributed by atoms with E-state index in [4.69, 9.17) is 15.0 Å². The van der Waals surface area contributed by atoms with E-state index in [1.54, 1.807) is 0 Å². The summed E-state index contributed by atoms with van der Waals surface area (Å²) < 4.78 is 4.73. The summed E-state index contributed by atoms with van der Waals surface area (Å²) in [6, 6.07) is 47.4. The van der Waals surface area contributed by atoms with Gasteiger partial charge in [-0.25, -0.2) is 9.97 Å². The highest BCUT2D eigenvalue weighted by atomic mass is 15.2. The number of nitrogens with zero attached hydrogens (tertiary/aromatic N) is 5. The van der Waals surface area contributed by atoms with Crippen LogP contribution in [0, 0.1) is 0 Å². The lowest BCUT2D eigenvalue weighted by molar-refractivity contribution is 1.01. The molecule has 5 heteroatoms. The molecule has 0 N–H and O–H groups in total. The lowest BCUT2D eigenvalue weighted by atomic mass is 9.99. The van der Waals surface area contributed by atoms with Crippen LogP contribution in [0.1, 0.15) is 0 Å². The van der Waals surface area contributed by atoms with Crippen LogP contribution >= 0.6 is 0 Å². The first kappa shape index (κ1) is 24.0. The van der Waals surface area contributed by atoms with E-state index in [2.05, 4.69) is 112 Å². The van der Waals surface area contributed by atoms with Crippen LogP contribution in [0.2, 0.25) is 0 Å². The van der Waals surface area contributed by atoms with Crippen molar-refractivity contribution < 1.29 is 0 Å². The highest BCUT2D eigenvalue weighted by Crippen LogP contribution is 2.47. The van der Waals surface area contributed by atoms with Crippen molar-refractivity contribution in [2.75, 3.05) is 0 Å². The first-order chi connectivity index (χ1) is 22.8. The molecule has 11 rings (SSSR count). The minimum Gasteiger partial charge on any atom is -0.308 e. The Morgan fingerprint density at radius 2 is 1.22 bits per heavy atom. The fourth-order valence-corrected chi connectivity index (χ4v) is 7.84. The summed E-state index contributed by atoms with van der Waals surface area (Å²) >= 11 is 0. The van der Waals surface area contributed by atoms with E-state index in [-0.39, 0.29) is 0 Å². The van der Waals surface area contributed by atoms with Crippen LogP contribution in [-0.2, 0) is 0 Å². The van der Waals surface area contributed by atoms with Gasteiger partial charge in [-0.15, -0.1) is 0 Å². The molecule has 5 aromatic heterocycles. The van der Waals surface area contributed by atoms with Gasteiger partial charge in [0.1, 0.15) is 11.2 Å². The summed E-state index contributed by atoms with van der Waals surface area (Å²) in [5.41, 5.74) is 9.32. The predicted molar refractivity (Wildman–Crippen MR) is 189 cm³/mol. The second kappa shape index (κ2) is 8.65. The van der Waals surface area contributed by atoms with Crippen molar-refractivity contribution in [2.24, 2.45) is 0 Å². The molecule has 0 spiro atoms. The normalized spacial score (nSPS) is 12.3. The molecule has 5 nitrogen and oxygen atoms in total. The van der Waals surface area contributed by atoms with E-state index < -0.39 is 0 Å². The molecule has 0 fully saturated rings. The number of pyridine rings is 1. The van der Waals surface area contributed by atoms with E-state index in [0.29, 0.717) is 5.95 Å². The average Bonchev–Trinajstić information content (AvgIpc) is 3.76. The fraction of sp³-hybridized carbons (Fsp3) is 0. The molecule has 6 aromatic carbocycles. The topological polar surface area (TPSA) is 48.0 Å². The van der Waals surface area contributed by atoms with E-state index in [9.17, 15) is 0 Å². The molecule has 0 amide bonds. The molecule has 0 atom stereocenters. The first-order valence-electron chi connectivity index (χ1n) is 15.6. The van der Waals surface area contributed by atoms with Crippen LogP contribution in [0.4, 0.5) is 0 Å². The number of fused-ring (bicyclic) bond motifs is 13. The second-order valence-corrected chi connectivity index (χ2v) is 12.0. The van der Waals surface area contributed by atoms with Gasteiger partial charge < -0.3 is 4.40 Å². The van der Waals surface area contributed by atoms with E-state index in [1.807, 2.05) is 36.5 Å². The Morgan fingerprint density at radius 1 is 0.478 bits per heavy atom. The van der Waals surface area contributed by atoms with Gasteiger partial charge in [0.2, 0.25) is 5.95 Å². The summed E-state index contributed by atoms with van der Waals surface area (Å²) in [6.45, 7) is 0. The molecule has 5 heterocycles. The Balaban J connectivity index is 1.42. The number of hydrogen-bond donors (Lipinski definition) is 0. The van der Waals surface area contributed by atoms with Crippen LogP contribution < -0.4 is 0 Å². The lowest BCUT2D eigenvalue weighted by Crippen LogP contribution is -2.04. The summed E-state index contributed by atoms with van der Waals surface area (Å²) in [5.74, 6) is 0.635. The molecule has 0 radical (unpaired) electrons. The third-order valence-electron chi connectivity index (χ3n) is 9.68. The number of rotatable bonds is 2. The van der Waals surface area contributed by atoms with Crippen molar-refractivity contribution >= 4 is 81.7 Å². The minimum absolute atomic E-state index is 0.635. The zero-order valence-electron chi connectivity index (χ0n) is 24.5. The first-order valence-corrected chi connectivity index (χ1v) is 15.6. The summed E-state index contributed by atoms with van der Waals surface area (Å²) in [7, 11) is 0. The lowest BCUT2D eigenvalue weighted by Gasteiger charge is -2.11. The average molecular weight is 586 g/mol. The molecule has 0 saturated carbocycles. The van der Waals surface area contributed by atoms with Crippen molar-refractivity contribution in [3.8, 4) is 17.2 Å². The van der Waals surface area contributed by atoms with Gasteiger partial charge in [-0.05, 0) is 47.2 Å². The van der Waals surface area contributed by atoms with Crippen molar-refractivity contribution in [3.05, 3.63) is 140 Å². The maximum Gasteiger partial charge on any atom is 0.235 e. The van der Waals surface area contributed by atoms with E-state index in [0.717, 1.165) is 33.3 Å². The Morgan fingerprint density at radius 3 is 2.09 bits per heavy atom. The summed E-state index contributed by atoms with van der Waals surface area (Å²) in [5, 5.41) is 9.86. The van der Waals surface area contributed by atoms with E-state index in [1.165, 1.54) is 59.6 Å². The standard InChI is InChI=1S/C41H23N5/c1-2-12-25(13-3-1)38-39-30(17-10-22-42-39)43-41(44-38)46-33-21-20-24-11-4-5-14-26(24)35(33)37-34(46)23-29-27-15-6-8-18-31(27)45-32-19-9-7-16-28(32)36(37)40(29)45/h1-23H. The quantitative estimate of drug-likeness (QED) is 0.203. The maximum atomic E-state index is 5.32. The van der Waals surface area contributed by atoms with Gasteiger partial charge in [0.15, 0.2) is 0 Å². The number of hydrogen-bond acceptors (Lipinski definition) is 3. The van der Waals surface area contributed by atoms with Crippen LogP contribution in [0.25, 0.3) is 98.9 Å². The largest absolute Gasteiger partial charge is 0.308 e. The van der Waals surface area contributed by atoms with Gasteiger partial charge >= 0.3 is 0 Å². The zero-order chi connectivity index (χ0) is 29.9. The fourth-order valence-electron chi connectivity index (χ4n) is 7.84. The van der Waals surface area contributed by atoms with E-state index >= 15 is 0 Å². The Bertz CT molecular complexity index is 3020. The molecular weight excluding hydrogens is 562 g/mol. The Hall–Kier alpha value is -6.33. The highest BCUT2D eigenvalue weighted by Gasteiger charge is 2.26. The molecule has 11 aromatic rings. The summed E-state index contributed by atoms with van der Waals surface area (Å²) in [6.07, 6.45) is 1.82. The molecule has 0 unspecified atom stereocenters. The van der Waals surface area contributed by atoms with Crippen LogP contribution in [0.15, 0.2) is 140 Å². The number of benzene rings is 6. The Kier molecular flexibility index (Phi) is 4.52. The third kappa shape index (κ3) is 2.97. The number of aromatic nitrogens is 5. The van der Waals surface area contributed by atoms with Crippen molar-refractivity contribution in [1.82, 2.24) is 23.9 Å². The molecule has 0 bridgehead atoms. The Labute approximate surface area is 261 Å². The monoisotopic (exact) mass is 585 g/mol. The van der Waals surface area contributed by atoms with Gasteiger partial charge in [-0.1, -0.05) is 97.1 Å². The predicted octanol–water partition coefficient (Wildman–Crippen LogP) is 10.1. The molecule has 212 valence electrons. The van der Waals surface area contributed by atoms with Crippen LogP contribution in [0.3, 0.4) is 0 Å². The zero-order valence-corrected chi connectivity index (χ0v) is 24.5. The van der Waals surface area contributed by atoms with Gasteiger partial charge in [0, 0.05) is 44.1 Å². The summed E-state index contributed by atoms with van der Waals surface area (Å²) in [4.78, 5) is 15.3. The van der Waals surface area contributed by atoms with Crippen LogP contribution in [-0.4, -0.2) is 23.9 Å². The second-order valence-electron chi connectivity index (χ2n) is 12.0. The smallest absolute Gasteiger partial charge is 0.235 e. The number of para-hydroxylation sites is 2. The molecule has 0 aliphatic heterocycles. The van der Waals surface area contributed by atoms with Gasteiger partial charge in [0.25, 0.3) is 0 Å². The van der Waals surface area contributed by atoms with Crippen LogP contribution in [0.5, 0.6) is 0 Å². The van der Waals surface area contributed by atoms with Gasteiger partial charge in [-0.3, -0.25) is 9.55 Å². The SMILES string of the molecule is c1ccc(-c2nc(-n3c4ccc5ccccc5c4c4c5c6ccccc6n6c7ccccc7c(cc43)c56)nc3cccnc23)cc1. The highest BCUT2D eigenvalue weighted by molar-refractivity contribution is 6.38. The molecule has 0 saturated heterocycles. The molecule has 46 heavy (non-hydrogen) atoms. The maximum absolute atomic E-state index is 5.32. The molecule has 0 aliphatic carbocycles. The molecule has 0 aliphatic rings. The van der Waals surface area contributed by atoms with Gasteiger partial charge in [-0.2, -0.15) is 0 Å². The van der Waals surface area contributed by atoms with Crippen molar-refractivity contribution in [1.29, 1.82) is 0 Å².